The van der Waals surface area contributed by atoms with E-state index in [0.29, 0.717) is 5.56 Å². The van der Waals surface area contributed by atoms with Gasteiger partial charge in [0.25, 0.3) is 0 Å². The highest BCUT2D eigenvalue weighted by atomic mass is 16.4. The summed E-state index contributed by atoms with van der Waals surface area (Å²) in [5.74, 6) is -1.17. The molecule has 4 heteroatoms. The summed E-state index contributed by atoms with van der Waals surface area (Å²) in [4.78, 5) is 21.1. The maximum Gasteiger partial charge on any atom is 0.307 e. The zero-order valence-corrected chi connectivity index (χ0v) is 13.4. The number of carbonyl (C=O) groups excluding carboxylic acids is 1. The molecule has 0 bridgehead atoms. The first-order valence-electron chi connectivity index (χ1n) is 7.51. The van der Waals surface area contributed by atoms with E-state index in [4.69, 9.17) is 10.8 Å². The summed E-state index contributed by atoms with van der Waals surface area (Å²) < 4.78 is 0. The molecule has 0 fully saturated rings. The van der Waals surface area contributed by atoms with E-state index in [-0.39, 0.29) is 12.3 Å². The van der Waals surface area contributed by atoms with Gasteiger partial charge in [-0.3, -0.25) is 9.59 Å². The zero-order chi connectivity index (χ0) is 17.5. The normalized spacial score (nSPS) is 9.88. The number of hydrogen-bond acceptors (Lipinski definition) is 2. The highest BCUT2D eigenvalue weighted by Gasteiger charge is 2.00. The molecule has 0 atom stereocenters. The molecule has 3 rings (SSSR count). The van der Waals surface area contributed by atoms with Gasteiger partial charge in [-0.25, -0.2) is 0 Å². The Morgan fingerprint density at radius 1 is 0.917 bits per heavy atom. The fourth-order valence-electron chi connectivity index (χ4n) is 2.22. The van der Waals surface area contributed by atoms with Crippen LogP contribution in [0.1, 0.15) is 21.5 Å². The lowest BCUT2D eigenvalue weighted by molar-refractivity contribution is -0.136. The quantitative estimate of drug-likeness (QED) is 0.774. The number of primary amides is 1. The van der Waals surface area contributed by atoms with Crippen LogP contribution in [0.3, 0.4) is 0 Å². The molecule has 0 radical (unpaired) electrons. The molecule has 0 aliphatic carbocycles. The largest absolute Gasteiger partial charge is 0.481 e. The molecule has 1 amide bonds. The Morgan fingerprint density at radius 2 is 1.54 bits per heavy atom. The lowest BCUT2D eigenvalue weighted by Gasteiger charge is -1.98. The summed E-state index contributed by atoms with van der Waals surface area (Å²) in [5.41, 5.74) is 7.72. The van der Waals surface area contributed by atoms with Crippen LogP contribution in [0.2, 0.25) is 0 Å². The van der Waals surface area contributed by atoms with Crippen molar-refractivity contribution in [1.82, 2.24) is 0 Å². The predicted octanol–water partition coefficient (Wildman–Crippen LogP) is 3.56. The van der Waals surface area contributed by atoms with E-state index in [9.17, 15) is 9.59 Å². The number of benzene rings is 3. The Morgan fingerprint density at radius 3 is 2.12 bits per heavy atom. The third-order valence-electron chi connectivity index (χ3n) is 3.51. The summed E-state index contributed by atoms with van der Waals surface area (Å²) in [6.45, 7) is 1.98. The minimum absolute atomic E-state index is 0.111. The Bertz CT molecular complexity index is 854. The number of rotatable bonds is 3. The molecule has 3 aromatic rings. The third-order valence-corrected chi connectivity index (χ3v) is 3.51. The molecule has 3 aromatic carbocycles. The van der Waals surface area contributed by atoms with Crippen molar-refractivity contribution in [3.05, 3.63) is 83.4 Å². The van der Waals surface area contributed by atoms with Gasteiger partial charge in [0.1, 0.15) is 0 Å². The predicted molar refractivity (Wildman–Crippen MR) is 95.0 cm³/mol. The number of aryl methyl sites for hydroxylation is 1. The molecule has 0 aliphatic heterocycles. The van der Waals surface area contributed by atoms with E-state index >= 15 is 0 Å². The second-order valence-electron chi connectivity index (χ2n) is 5.48. The minimum atomic E-state index is -0.783. The van der Waals surface area contributed by atoms with Crippen molar-refractivity contribution in [3.8, 4) is 0 Å². The average Bonchev–Trinajstić information content (AvgIpc) is 2.56. The van der Waals surface area contributed by atoms with E-state index in [2.05, 4.69) is 0 Å². The van der Waals surface area contributed by atoms with Crippen LogP contribution in [0.4, 0.5) is 0 Å². The van der Waals surface area contributed by atoms with E-state index in [1.807, 2.05) is 61.5 Å². The fourth-order valence-corrected chi connectivity index (χ4v) is 2.22. The van der Waals surface area contributed by atoms with Crippen LogP contribution >= 0.6 is 0 Å². The number of carbonyl (C=O) groups is 2. The maximum atomic E-state index is 10.9. The second-order valence-corrected chi connectivity index (χ2v) is 5.48. The van der Waals surface area contributed by atoms with Gasteiger partial charge in [0.05, 0.1) is 6.42 Å². The molecule has 0 heterocycles. The van der Waals surface area contributed by atoms with Gasteiger partial charge >= 0.3 is 5.97 Å². The highest BCUT2D eigenvalue weighted by Crippen LogP contribution is 2.14. The molecule has 0 aromatic heterocycles. The second kappa shape index (κ2) is 7.92. The van der Waals surface area contributed by atoms with Crippen LogP contribution < -0.4 is 5.73 Å². The van der Waals surface area contributed by atoms with Crippen molar-refractivity contribution in [2.75, 3.05) is 0 Å². The molecule has 122 valence electrons. The number of aliphatic carboxylic acids is 1. The Hall–Kier alpha value is -3.14. The number of carboxylic acid groups (broad SMARTS) is 1. The van der Waals surface area contributed by atoms with Gasteiger partial charge in [0, 0.05) is 5.56 Å². The molecule has 0 aliphatic rings. The van der Waals surface area contributed by atoms with Crippen LogP contribution in [0.5, 0.6) is 0 Å². The SMILES string of the molecule is Cc1ccc(CC(=O)O)cc1.NC(=O)c1ccc2ccccc2c1. The molecule has 0 spiro atoms. The first kappa shape index (κ1) is 17.2. The van der Waals surface area contributed by atoms with Crippen molar-refractivity contribution in [3.63, 3.8) is 0 Å². The molecule has 0 unspecified atom stereocenters. The summed E-state index contributed by atoms with van der Waals surface area (Å²) in [5, 5.41) is 10.6. The summed E-state index contributed by atoms with van der Waals surface area (Å²) in [6.07, 6.45) is 0.111. The number of fused-ring (bicyclic) bond motifs is 1. The Labute approximate surface area is 140 Å². The Kier molecular flexibility index (Phi) is 5.68. The van der Waals surface area contributed by atoms with Crippen LogP contribution in [0.15, 0.2) is 66.7 Å². The summed E-state index contributed by atoms with van der Waals surface area (Å²) >= 11 is 0. The molecule has 24 heavy (non-hydrogen) atoms. The number of hydrogen-bond donors (Lipinski definition) is 2. The average molecular weight is 321 g/mol. The van der Waals surface area contributed by atoms with E-state index in [1.165, 1.54) is 0 Å². The van der Waals surface area contributed by atoms with Gasteiger partial charge in [-0.05, 0) is 35.4 Å². The standard InChI is InChI=1S/C11H9NO.C9H10O2/c12-11(13)10-6-5-8-3-1-2-4-9(8)7-10;1-7-2-4-8(5-3-7)6-9(10)11/h1-7H,(H2,12,13);2-5H,6H2,1H3,(H,10,11). The number of carboxylic acids is 1. The minimum Gasteiger partial charge on any atom is -0.481 e. The van der Waals surface area contributed by atoms with Crippen molar-refractivity contribution >= 4 is 22.6 Å². The topological polar surface area (TPSA) is 80.4 Å². The zero-order valence-electron chi connectivity index (χ0n) is 13.4. The third kappa shape index (κ3) is 4.95. The Balaban J connectivity index is 0.000000177. The van der Waals surface area contributed by atoms with Crippen molar-refractivity contribution < 1.29 is 14.7 Å². The first-order chi connectivity index (χ1) is 11.5. The van der Waals surface area contributed by atoms with Gasteiger partial charge in [0.15, 0.2) is 0 Å². The molecular formula is C20H19NO3. The lowest BCUT2D eigenvalue weighted by atomic mass is 10.1. The van der Waals surface area contributed by atoms with E-state index in [0.717, 1.165) is 21.9 Å². The van der Waals surface area contributed by atoms with Crippen LogP contribution in [0.25, 0.3) is 10.8 Å². The van der Waals surface area contributed by atoms with Gasteiger partial charge in [-0.2, -0.15) is 0 Å². The van der Waals surface area contributed by atoms with Crippen molar-refractivity contribution in [2.24, 2.45) is 5.73 Å². The first-order valence-corrected chi connectivity index (χ1v) is 7.51. The highest BCUT2D eigenvalue weighted by molar-refractivity contribution is 5.97. The van der Waals surface area contributed by atoms with Gasteiger partial charge in [0.2, 0.25) is 5.91 Å². The van der Waals surface area contributed by atoms with Crippen molar-refractivity contribution in [1.29, 1.82) is 0 Å². The summed E-state index contributed by atoms with van der Waals surface area (Å²) in [6, 6.07) is 20.8. The van der Waals surface area contributed by atoms with E-state index < -0.39 is 5.97 Å². The maximum absolute atomic E-state index is 10.9. The van der Waals surface area contributed by atoms with Gasteiger partial charge in [-0.1, -0.05) is 60.2 Å². The molecule has 0 saturated carbocycles. The fraction of sp³-hybridized carbons (Fsp3) is 0.100. The van der Waals surface area contributed by atoms with Gasteiger partial charge < -0.3 is 10.8 Å². The van der Waals surface area contributed by atoms with Crippen LogP contribution in [0, 0.1) is 6.92 Å². The monoisotopic (exact) mass is 321 g/mol. The van der Waals surface area contributed by atoms with Crippen molar-refractivity contribution in [2.45, 2.75) is 13.3 Å². The molecule has 3 N–H and O–H groups in total. The van der Waals surface area contributed by atoms with Gasteiger partial charge in [-0.15, -0.1) is 0 Å². The molecule has 4 nitrogen and oxygen atoms in total. The molecule has 0 saturated heterocycles. The summed E-state index contributed by atoms with van der Waals surface area (Å²) in [7, 11) is 0. The van der Waals surface area contributed by atoms with Crippen LogP contribution in [-0.4, -0.2) is 17.0 Å². The smallest absolute Gasteiger partial charge is 0.307 e. The van der Waals surface area contributed by atoms with E-state index in [1.54, 1.807) is 12.1 Å². The molecular weight excluding hydrogens is 302 g/mol. The lowest BCUT2D eigenvalue weighted by Crippen LogP contribution is -2.10. The number of amides is 1. The van der Waals surface area contributed by atoms with Crippen LogP contribution in [-0.2, 0) is 11.2 Å². The number of nitrogens with two attached hydrogens (primary N) is 1.